The third kappa shape index (κ3) is 2.91. The van der Waals surface area contributed by atoms with Gasteiger partial charge in [-0.05, 0) is 49.5 Å². The van der Waals surface area contributed by atoms with Crippen molar-refractivity contribution < 1.29 is 9.53 Å². The lowest BCUT2D eigenvalue weighted by atomic mass is 9.90. The number of ether oxygens (including phenoxy) is 1. The van der Waals surface area contributed by atoms with Gasteiger partial charge in [0.1, 0.15) is 6.61 Å². The zero-order valence-corrected chi connectivity index (χ0v) is 12.1. The van der Waals surface area contributed by atoms with Gasteiger partial charge in [0.2, 0.25) is 0 Å². The van der Waals surface area contributed by atoms with Gasteiger partial charge in [0.15, 0.2) is 0 Å². The highest BCUT2D eigenvalue weighted by Gasteiger charge is 2.38. The first-order chi connectivity index (χ1) is 9.74. The van der Waals surface area contributed by atoms with Crippen molar-refractivity contribution in [2.75, 3.05) is 19.7 Å². The van der Waals surface area contributed by atoms with Crippen LogP contribution in [-0.2, 0) is 11.3 Å². The molecule has 20 heavy (non-hydrogen) atoms. The summed E-state index contributed by atoms with van der Waals surface area (Å²) in [6.45, 7) is 3.15. The predicted octanol–water partition coefficient (Wildman–Crippen LogP) is 2.66. The van der Waals surface area contributed by atoms with Gasteiger partial charge in [-0.3, -0.25) is 4.90 Å². The number of carbonyl (C=O) groups is 1. The lowest BCUT2D eigenvalue weighted by Crippen LogP contribution is -2.43. The first-order valence-corrected chi connectivity index (χ1v) is 7.50. The van der Waals surface area contributed by atoms with Gasteiger partial charge in [-0.2, -0.15) is 0 Å². The summed E-state index contributed by atoms with van der Waals surface area (Å²) in [6.07, 6.45) is 2.01. The zero-order chi connectivity index (χ0) is 13.9. The number of carbonyl (C=O) groups excluding carboxylic acids is 1. The van der Waals surface area contributed by atoms with Crippen LogP contribution in [0.25, 0.3) is 0 Å². The highest BCUT2D eigenvalue weighted by molar-refractivity contribution is 6.30. The van der Waals surface area contributed by atoms with Crippen molar-refractivity contribution in [3.63, 3.8) is 0 Å². The summed E-state index contributed by atoms with van der Waals surface area (Å²) in [5, 5.41) is 4.06. The molecule has 1 aromatic rings. The molecular formula is C15H19ClN2O2. The molecule has 2 aliphatic rings. The zero-order valence-electron chi connectivity index (χ0n) is 11.3. The predicted molar refractivity (Wildman–Crippen MR) is 77.7 cm³/mol. The Morgan fingerprint density at radius 3 is 2.90 bits per heavy atom. The molecule has 2 aliphatic heterocycles. The van der Waals surface area contributed by atoms with E-state index in [1.165, 1.54) is 0 Å². The number of hydrogen-bond donors (Lipinski definition) is 1. The van der Waals surface area contributed by atoms with E-state index in [1.54, 1.807) is 0 Å². The molecule has 1 unspecified atom stereocenters. The van der Waals surface area contributed by atoms with E-state index < -0.39 is 0 Å². The molecule has 1 aromatic carbocycles. The fourth-order valence-electron chi connectivity index (χ4n) is 3.10. The first-order valence-electron chi connectivity index (χ1n) is 7.12. The third-order valence-electron chi connectivity index (χ3n) is 4.18. The lowest BCUT2D eigenvalue weighted by Gasteiger charge is -2.32. The van der Waals surface area contributed by atoms with E-state index in [2.05, 4.69) is 5.32 Å². The Bertz CT molecular complexity index is 489. The van der Waals surface area contributed by atoms with Gasteiger partial charge in [0.25, 0.3) is 0 Å². The van der Waals surface area contributed by atoms with Crippen LogP contribution in [0.2, 0.25) is 5.02 Å². The largest absolute Gasteiger partial charge is 0.447 e. The molecule has 0 aliphatic carbocycles. The van der Waals surface area contributed by atoms with Gasteiger partial charge in [-0.25, -0.2) is 4.79 Å². The van der Waals surface area contributed by atoms with Crippen LogP contribution in [0.5, 0.6) is 0 Å². The number of benzene rings is 1. The SMILES string of the molecule is O=C1OCC(C2CCNCC2)N1Cc1cccc(Cl)c1. The van der Waals surface area contributed by atoms with Crippen LogP contribution in [0.15, 0.2) is 24.3 Å². The van der Waals surface area contributed by atoms with Crippen LogP contribution in [-0.4, -0.2) is 36.7 Å². The summed E-state index contributed by atoms with van der Waals surface area (Å²) in [5.41, 5.74) is 1.05. The molecular weight excluding hydrogens is 276 g/mol. The van der Waals surface area contributed by atoms with E-state index >= 15 is 0 Å². The maximum absolute atomic E-state index is 12.0. The van der Waals surface area contributed by atoms with E-state index in [4.69, 9.17) is 16.3 Å². The normalized spacial score (nSPS) is 23.9. The van der Waals surface area contributed by atoms with Crippen LogP contribution in [0.4, 0.5) is 4.79 Å². The number of amides is 1. The Hall–Kier alpha value is -1.26. The number of nitrogens with one attached hydrogen (secondary N) is 1. The maximum Gasteiger partial charge on any atom is 0.410 e. The summed E-state index contributed by atoms with van der Waals surface area (Å²) in [4.78, 5) is 13.8. The van der Waals surface area contributed by atoms with Gasteiger partial charge in [0, 0.05) is 11.6 Å². The molecule has 2 saturated heterocycles. The summed E-state index contributed by atoms with van der Waals surface area (Å²) in [6, 6.07) is 7.86. The summed E-state index contributed by atoms with van der Waals surface area (Å²) >= 11 is 6.01. The molecule has 0 saturated carbocycles. The van der Waals surface area contributed by atoms with Crippen LogP contribution in [0.3, 0.4) is 0 Å². The highest BCUT2D eigenvalue weighted by atomic mass is 35.5. The molecule has 108 valence electrons. The van der Waals surface area contributed by atoms with Crippen molar-refractivity contribution in [1.29, 1.82) is 0 Å². The topological polar surface area (TPSA) is 41.6 Å². The van der Waals surface area contributed by atoms with Gasteiger partial charge < -0.3 is 10.1 Å². The average Bonchev–Trinajstić information content (AvgIpc) is 2.81. The fraction of sp³-hybridized carbons (Fsp3) is 0.533. The molecule has 2 heterocycles. The minimum Gasteiger partial charge on any atom is -0.447 e. The molecule has 0 spiro atoms. The van der Waals surface area contributed by atoms with Crippen molar-refractivity contribution in [2.24, 2.45) is 5.92 Å². The molecule has 1 amide bonds. The van der Waals surface area contributed by atoms with Crippen LogP contribution in [0.1, 0.15) is 18.4 Å². The second-order valence-electron chi connectivity index (χ2n) is 5.49. The van der Waals surface area contributed by atoms with Crippen LogP contribution < -0.4 is 5.32 Å². The fourth-order valence-corrected chi connectivity index (χ4v) is 3.31. The number of hydrogen-bond acceptors (Lipinski definition) is 3. The van der Waals surface area contributed by atoms with Gasteiger partial charge in [0.05, 0.1) is 6.04 Å². The molecule has 0 radical (unpaired) electrons. The standard InChI is InChI=1S/C15H19ClN2O2/c16-13-3-1-2-11(8-13)9-18-14(10-20-15(18)19)12-4-6-17-7-5-12/h1-3,8,12,14,17H,4-7,9-10H2. The van der Waals surface area contributed by atoms with E-state index in [1.807, 2.05) is 29.2 Å². The van der Waals surface area contributed by atoms with Crippen LogP contribution >= 0.6 is 11.6 Å². The second-order valence-corrected chi connectivity index (χ2v) is 5.93. The number of halogens is 1. The Morgan fingerprint density at radius 2 is 2.15 bits per heavy atom. The van der Waals surface area contributed by atoms with Crippen molar-refractivity contribution in [3.05, 3.63) is 34.9 Å². The number of rotatable bonds is 3. The van der Waals surface area contributed by atoms with E-state index in [0.717, 1.165) is 31.5 Å². The molecule has 3 rings (SSSR count). The molecule has 4 nitrogen and oxygen atoms in total. The Kier molecular flexibility index (Phi) is 4.13. The first kappa shape index (κ1) is 13.7. The maximum atomic E-state index is 12.0. The van der Waals surface area contributed by atoms with Gasteiger partial charge in [-0.1, -0.05) is 23.7 Å². The van der Waals surface area contributed by atoms with E-state index in [9.17, 15) is 4.79 Å². The summed E-state index contributed by atoms with van der Waals surface area (Å²) in [7, 11) is 0. The molecule has 1 N–H and O–H groups in total. The number of nitrogens with zero attached hydrogens (tertiary/aromatic N) is 1. The average molecular weight is 295 g/mol. The highest BCUT2D eigenvalue weighted by Crippen LogP contribution is 2.28. The van der Waals surface area contributed by atoms with E-state index in [0.29, 0.717) is 24.1 Å². The number of cyclic esters (lactones) is 1. The Morgan fingerprint density at radius 1 is 1.35 bits per heavy atom. The quantitative estimate of drug-likeness (QED) is 0.932. The summed E-state index contributed by atoms with van der Waals surface area (Å²) in [5.74, 6) is 0.530. The van der Waals surface area contributed by atoms with Crippen molar-refractivity contribution in [3.8, 4) is 0 Å². The van der Waals surface area contributed by atoms with E-state index in [-0.39, 0.29) is 12.1 Å². The molecule has 1 atom stereocenters. The monoisotopic (exact) mass is 294 g/mol. The van der Waals surface area contributed by atoms with Gasteiger partial charge in [-0.15, -0.1) is 0 Å². The van der Waals surface area contributed by atoms with Crippen LogP contribution in [0, 0.1) is 5.92 Å². The third-order valence-corrected chi connectivity index (χ3v) is 4.42. The second kappa shape index (κ2) is 6.02. The van der Waals surface area contributed by atoms with Gasteiger partial charge >= 0.3 is 6.09 Å². The molecule has 0 aromatic heterocycles. The minimum absolute atomic E-state index is 0.198. The Balaban J connectivity index is 1.73. The smallest absolute Gasteiger partial charge is 0.410 e. The van der Waals surface area contributed by atoms with Crippen molar-refractivity contribution in [1.82, 2.24) is 10.2 Å². The Labute approximate surface area is 124 Å². The number of piperidine rings is 1. The lowest BCUT2D eigenvalue weighted by molar-refractivity contribution is 0.151. The molecule has 2 fully saturated rings. The molecule has 0 bridgehead atoms. The van der Waals surface area contributed by atoms with Crippen molar-refractivity contribution >= 4 is 17.7 Å². The van der Waals surface area contributed by atoms with Crippen molar-refractivity contribution in [2.45, 2.75) is 25.4 Å². The minimum atomic E-state index is -0.200. The molecule has 5 heteroatoms. The summed E-state index contributed by atoms with van der Waals surface area (Å²) < 4.78 is 5.27.